The number of nitrogens with two attached hydrogens (primary N) is 1. The van der Waals surface area contributed by atoms with E-state index in [-0.39, 0.29) is 16.0 Å². The Labute approximate surface area is 125 Å². The molecule has 3 N–H and O–H groups in total. The number of rotatable bonds is 4. The Kier molecular flexibility index (Phi) is 4.94. The number of hydrogen-bond acceptors (Lipinski definition) is 3. The number of benzene rings is 1. The number of halogens is 1. The van der Waals surface area contributed by atoms with E-state index in [4.69, 9.17) is 17.3 Å². The van der Waals surface area contributed by atoms with Gasteiger partial charge < -0.3 is 5.73 Å². The molecular weight excluding hydrogens is 296 g/mol. The monoisotopic (exact) mass is 316 g/mol. The van der Waals surface area contributed by atoms with Crippen LogP contribution in [0.3, 0.4) is 0 Å². The molecule has 1 aliphatic carbocycles. The van der Waals surface area contributed by atoms with Gasteiger partial charge in [-0.15, -0.1) is 0 Å². The molecule has 1 aromatic carbocycles. The van der Waals surface area contributed by atoms with Crippen molar-refractivity contribution in [3.05, 3.63) is 23.2 Å². The van der Waals surface area contributed by atoms with Crippen molar-refractivity contribution in [1.29, 1.82) is 0 Å². The summed E-state index contributed by atoms with van der Waals surface area (Å²) in [6, 6.07) is 4.52. The van der Waals surface area contributed by atoms with E-state index < -0.39 is 10.0 Å². The lowest BCUT2D eigenvalue weighted by molar-refractivity contribution is 0.282. The van der Waals surface area contributed by atoms with Crippen LogP contribution in [0.15, 0.2) is 23.1 Å². The number of sulfonamides is 1. The summed E-state index contributed by atoms with van der Waals surface area (Å²) in [6.45, 7) is 2.10. The zero-order valence-electron chi connectivity index (χ0n) is 11.6. The zero-order valence-corrected chi connectivity index (χ0v) is 13.2. The van der Waals surface area contributed by atoms with Crippen LogP contribution in [-0.4, -0.2) is 14.5 Å². The van der Waals surface area contributed by atoms with Crippen molar-refractivity contribution < 1.29 is 8.42 Å². The van der Waals surface area contributed by atoms with Crippen LogP contribution in [-0.2, 0) is 10.0 Å². The van der Waals surface area contributed by atoms with E-state index in [0.717, 1.165) is 25.7 Å². The van der Waals surface area contributed by atoms with Crippen LogP contribution in [0.4, 0.5) is 5.69 Å². The fourth-order valence-electron chi connectivity index (χ4n) is 2.84. The second-order valence-electron chi connectivity index (χ2n) is 5.37. The lowest BCUT2D eigenvalue weighted by Crippen LogP contribution is -2.41. The second kappa shape index (κ2) is 6.33. The van der Waals surface area contributed by atoms with Gasteiger partial charge in [0.05, 0.1) is 5.02 Å². The van der Waals surface area contributed by atoms with Crippen molar-refractivity contribution in [3.63, 3.8) is 0 Å². The molecule has 2 atom stereocenters. The summed E-state index contributed by atoms with van der Waals surface area (Å²) in [7, 11) is -3.62. The minimum absolute atomic E-state index is 0.00347. The van der Waals surface area contributed by atoms with Crippen molar-refractivity contribution >= 4 is 27.3 Å². The Morgan fingerprint density at radius 1 is 1.35 bits per heavy atom. The Balaban J connectivity index is 2.24. The summed E-state index contributed by atoms with van der Waals surface area (Å²) in [4.78, 5) is 0.0691. The number of hydrogen-bond donors (Lipinski definition) is 2. The molecule has 1 aromatic rings. The molecule has 0 spiro atoms. The van der Waals surface area contributed by atoms with Gasteiger partial charge in [0.1, 0.15) is 4.90 Å². The molecule has 1 fully saturated rings. The minimum Gasteiger partial charge on any atom is -0.399 e. The van der Waals surface area contributed by atoms with Crippen LogP contribution in [0.2, 0.25) is 5.02 Å². The highest BCUT2D eigenvalue weighted by Crippen LogP contribution is 2.29. The highest BCUT2D eigenvalue weighted by molar-refractivity contribution is 7.89. The highest BCUT2D eigenvalue weighted by Gasteiger charge is 2.29. The lowest BCUT2D eigenvalue weighted by Gasteiger charge is -2.31. The summed E-state index contributed by atoms with van der Waals surface area (Å²) < 4.78 is 27.8. The molecule has 0 aliphatic heterocycles. The number of nitrogens with one attached hydrogen (secondary N) is 1. The molecule has 6 heteroatoms. The van der Waals surface area contributed by atoms with Gasteiger partial charge in [-0.3, -0.25) is 0 Å². The molecule has 0 heterocycles. The van der Waals surface area contributed by atoms with Gasteiger partial charge in [0.25, 0.3) is 0 Å². The van der Waals surface area contributed by atoms with Crippen LogP contribution in [0.5, 0.6) is 0 Å². The molecule has 0 amide bonds. The Morgan fingerprint density at radius 2 is 2.05 bits per heavy atom. The summed E-state index contributed by atoms with van der Waals surface area (Å²) >= 11 is 5.99. The first-order chi connectivity index (χ1) is 9.44. The zero-order chi connectivity index (χ0) is 14.8. The van der Waals surface area contributed by atoms with Crippen LogP contribution in [0.25, 0.3) is 0 Å². The quantitative estimate of drug-likeness (QED) is 0.838. The molecule has 2 rings (SSSR count). The summed E-state index contributed by atoms with van der Waals surface area (Å²) in [5, 5.41) is 0.204. The minimum atomic E-state index is -3.62. The van der Waals surface area contributed by atoms with Gasteiger partial charge in [-0.05, 0) is 37.0 Å². The normalized spacial score (nSPS) is 23.7. The first kappa shape index (κ1) is 15.6. The van der Waals surface area contributed by atoms with E-state index in [1.54, 1.807) is 6.07 Å². The van der Waals surface area contributed by atoms with Crippen LogP contribution >= 0.6 is 11.6 Å². The van der Waals surface area contributed by atoms with Gasteiger partial charge in [-0.2, -0.15) is 0 Å². The fraction of sp³-hybridized carbons (Fsp3) is 0.571. The van der Waals surface area contributed by atoms with Crippen LogP contribution in [0.1, 0.15) is 39.0 Å². The average molecular weight is 317 g/mol. The van der Waals surface area contributed by atoms with Crippen molar-refractivity contribution in [1.82, 2.24) is 4.72 Å². The van der Waals surface area contributed by atoms with Gasteiger partial charge in [-0.25, -0.2) is 13.1 Å². The first-order valence-corrected chi connectivity index (χ1v) is 8.87. The number of nitrogen functional groups attached to an aromatic ring is 1. The van der Waals surface area contributed by atoms with Gasteiger partial charge >= 0.3 is 0 Å². The average Bonchev–Trinajstić information content (AvgIpc) is 2.41. The van der Waals surface area contributed by atoms with Crippen molar-refractivity contribution in [2.24, 2.45) is 5.92 Å². The maximum Gasteiger partial charge on any atom is 0.242 e. The third-order valence-corrected chi connectivity index (χ3v) is 5.96. The van der Waals surface area contributed by atoms with Crippen LogP contribution < -0.4 is 10.5 Å². The number of anilines is 1. The Hall–Kier alpha value is -0.780. The van der Waals surface area contributed by atoms with E-state index in [1.165, 1.54) is 18.6 Å². The van der Waals surface area contributed by atoms with Gasteiger partial charge in [0.2, 0.25) is 10.0 Å². The van der Waals surface area contributed by atoms with Gasteiger partial charge in [0.15, 0.2) is 0 Å². The SMILES string of the molecule is CCC1CCCCC1NS(=O)(=O)c1cc(N)ccc1Cl. The van der Waals surface area contributed by atoms with Crippen molar-refractivity contribution in [3.8, 4) is 0 Å². The van der Waals surface area contributed by atoms with Gasteiger partial charge in [-0.1, -0.05) is 37.8 Å². The lowest BCUT2D eigenvalue weighted by atomic mass is 9.83. The standard InChI is InChI=1S/C14H21ClN2O2S/c1-2-10-5-3-4-6-13(10)17-20(18,19)14-9-11(16)7-8-12(14)15/h7-10,13,17H,2-6,16H2,1H3. The first-order valence-electron chi connectivity index (χ1n) is 7.01. The predicted octanol–water partition coefficient (Wildman–Crippen LogP) is 3.17. The van der Waals surface area contributed by atoms with E-state index in [2.05, 4.69) is 11.6 Å². The largest absolute Gasteiger partial charge is 0.399 e. The molecule has 20 heavy (non-hydrogen) atoms. The summed E-state index contributed by atoms with van der Waals surface area (Å²) in [6.07, 6.45) is 5.19. The van der Waals surface area contributed by atoms with E-state index in [9.17, 15) is 8.42 Å². The van der Waals surface area contributed by atoms with Crippen molar-refractivity contribution in [2.75, 3.05) is 5.73 Å². The molecule has 112 valence electrons. The topological polar surface area (TPSA) is 72.2 Å². The highest BCUT2D eigenvalue weighted by atomic mass is 35.5. The molecular formula is C14H21ClN2O2S. The molecule has 0 bridgehead atoms. The second-order valence-corrected chi connectivity index (χ2v) is 7.46. The maximum atomic E-state index is 12.5. The third-order valence-electron chi connectivity index (χ3n) is 3.98. The molecule has 1 saturated carbocycles. The molecule has 4 nitrogen and oxygen atoms in total. The van der Waals surface area contributed by atoms with Crippen LogP contribution in [0, 0.1) is 5.92 Å². The molecule has 2 unspecified atom stereocenters. The van der Waals surface area contributed by atoms with E-state index in [1.807, 2.05) is 0 Å². The molecule has 0 radical (unpaired) electrons. The van der Waals surface area contributed by atoms with E-state index >= 15 is 0 Å². The smallest absolute Gasteiger partial charge is 0.242 e. The summed E-state index contributed by atoms with van der Waals surface area (Å²) in [5.41, 5.74) is 6.05. The summed E-state index contributed by atoms with van der Waals surface area (Å²) in [5.74, 6) is 0.401. The molecule has 1 aliphatic rings. The fourth-order valence-corrected chi connectivity index (χ4v) is 4.71. The third kappa shape index (κ3) is 3.45. The maximum absolute atomic E-state index is 12.5. The predicted molar refractivity (Wildman–Crippen MR) is 82.2 cm³/mol. The molecule has 0 aromatic heterocycles. The molecule has 0 saturated heterocycles. The van der Waals surface area contributed by atoms with E-state index in [0.29, 0.717) is 11.6 Å². The van der Waals surface area contributed by atoms with Crippen molar-refractivity contribution in [2.45, 2.75) is 50.0 Å². The Bertz CT molecular complexity index is 575. The Morgan fingerprint density at radius 3 is 2.75 bits per heavy atom. The van der Waals surface area contributed by atoms with Gasteiger partial charge in [0, 0.05) is 11.7 Å².